The summed E-state index contributed by atoms with van der Waals surface area (Å²) in [4.78, 5) is 2.36. The molecule has 0 aromatic carbocycles. The summed E-state index contributed by atoms with van der Waals surface area (Å²) >= 11 is 0. The number of hydrogen-bond acceptors (Lipinski definition) is 2. The van der Waals surface area contributed by atoms with E-state index >= 15 is 0 Å². The molecule has 0 atom stereocenters. The second kappa shape index (κ2) is 2.89. The van der Waals surface area contributed by atoms with Gasteiger partial charge in [-0.05, 0) is 33.5 Å². The van der Waals surface area contributed by atoms with Crippen molar-refractivity contribution in [1.82, 2.24) is 10.2 Å². The van der Waals surface area contributed by atoms with Crippen molar-refractivity contribution in [1.29, 1.82) is 0 Å². The SMILES string of the molecule is CCN(C)CC1(NC)CC1. The van der Waals surface area contributed by atoms with Crippen LogP contribution in [-0.2, 0) is 0 Å². The minimum Gasteiger partial charge on any atom is -0.313 e. The first-order valence-corrected chi connectivity index (χ1v) is 4.10. The highest BCUT2D eigenvalue weighted by Crippen LogP contribution is 2.35. The molecule has 1 fully saturated rings. The average Bonchev–Trinajstić information content (AvgIpc) is 2.70. The lowest BCUT2D eigenvalue weighted by molar-refractivity contribution is 0.298. The molecule has 1 aliphatic rings. The molecule has 0 radical (unpaired) electrons. The molecule has 0 aromatic heterocycles. The van der Waals surface area contributed by atoms with Gasteiger partial charge in [0.1, 0.15) is 0 Å². The molecule has 0 unspecified atom stereocenters. The Bertz CT molecular complexity index is 108. The van der Waals surface area contributed by atoms with Crippen LogP contribution < -0.4 is 5.32 Å². The molecule has 0 aliphatic heterocycles. The quantitative estimate of drug-likeness (QED) is 0.621. The largest absolute Gasteiger partial charge is 0.313 e. The van der Waals surface area contributed by atoms with Crippen molar-refractivity contribution in [3.05, 3.63) is 0 Å². The first kappa shape index (κ1) is 8.02. The van der Waals surface area contributed by atoms with Gasteiger partial charge in [-0.1, -0.05) is 6.92 Å². The molecule has 1 N–H and O–H groups in total. The average molecular weight is 142 g/mol. The van der Waals surface area contributed by atoms with Crippen molar-refractivity contribution >= 4 is 0 Å². The Labute approximate surface area is 63.6 Å². The molecule has 2 nitrogen and oxygen atoms in total. The van der Waals surface area contributed by atoms with Gasteiger partial charge in [-0.3, -0.25) is 0 Å². The third-order valence-electron chi connectivity index (χ3n) is 2.50. The number of hydrogen-bond donors (Lipinski definition) is 1. The van der Waals surface area contributed by atoms with Crippen LogP contribution in [0, 0.1) is 0 Å². The van der Waals surface area contributed by atoms with E-state index in [-0.39, 0.29) is 0 Å². The molecule has 0 bridgehead atoms. The maximum atomic E-state index is 3.38. The van der Waals surface area contributed by atoms with E-state index in [4.69, 9.17) is 0 Å². The van der Waals surface area contributed by atoms with Crippen LogP contribution in [0.25, 0.3) is 0 Å². The molecule has 0 amide bonds. The molecule has 1 rings (SSSR count). The minimum atomic E-state index is 0.491. The molecule has 1 aliphatic carbocycles. The summed E-state index contributed by atoms with van der Waals surface area (Å²) in [5.41, 5.74) is 0.491. The lowest BCUT2D eigenvalue weighted by Gasteiger charge is -2.21. The molecule has 2 heteroatoms. The van der Waals surface area contributed by atoms with Crippen LogP contribution >= 0.6 is 0 Å². The van der Waals surface area contributed by atoms with Gasteiger partial charge in [0.25, 0.3) is 0 Å². The van der Waals surface area contributed by atoms with Gasteiger partial charge in [-0.2, -0.15) is 0 Å². The molecule has 1 saturated carbocycles. The molecule has 0 spiro atoms. The van der Waals surface area contributed by atoms with Crippen LogP contribution in [0.15, 0.2) is 0 Å². The topological polar surface area (TPSA) is 15.3 Å². The second-order valence-corrected chi connectivity index (χ2v) is 3.36. The van der Waals surface area contributed by atoms with E-state index in [0.717, 1.165) is 6.54 Å². The molecule has 10 heavy (non-hydrogen) atoms. The lowest BCUT2D eigenvalue weighted by atomic mass is 10.2. The summed E-state index contributed by atoms with van der Waals surface area (Å²) in [6.07, 6.45) is 2.71. The number of nitrogens with zero attached hydrogens (tertiary/aromatic N) is 1. The first-order valence-electron chi connectivity index (χ1n) is 4.10. The van der Waals surface area contributed by atoms with Gasteiger partial charge in [0, 0.05) is 12.1 Å². The second-order valence-electron chi connectivity index (χ2n) is 3.36. The molecule has 60 valence electrons. The zero-order valence-corrected chi connectivity index (χ0v) is 7.28. The first-order chi connectivity index (χ1) is 4.72. The highest BCUT2D eigenvalue weighted by atomic mass is 15.2. The van der Waals surface area contributed by atoms with Crippen molar-refractivity contribution in [3.8, 4) is 0 Å². The molecular weight excluding hydrogens is 124 g/mol. The predicted molar refractivity (Wildman–Crippen MR) is 44.2 cm³/mol. The predicted octanol–water partition coefficient (Wildman–Crippen LogP) is 0.690. The fraction of sp³-hybridized carbons (Fsp3) is 1.00. The van der Waals surface area contributed by atoms with Gasteiger partial charge in [-0.25, -0.2) is 0 Å². The van der Waals surface area contributed by atoms with Gasteiger partial charge in [0.15, 0.2) is 0 Å². The van der Waals surface area contributed by atoms with E-state index in [1.165, 1.54) is 19.4 Å². The van der Waals surface area contributed by atoms with Crippen molar-refractivity contribution < 1.29 is 0 Å². The highest BCUT2D eigenvalue weighted by Gasteiger charge is 2.41. The van der Waals surface area contributed by atoms with E-state index in [1.807, 2.05) is 0 Å². The summed E-state index contributed by atoms with van der Waals surface area (Å²) in [6, 6.07) is 0. The highest BCUT2D eigenvalue weighted by molar-refractivity contribution is 5.02. The Morgan fingerprint density at radius 1 is 1.50 bits per heavy atom. The molecule has 0 aromatic rings. The number of nitrogens with one attached hydrogen (secondary N) is 1. The zero-order valence-electron chi connectivity index (χ0n) is 7.28. The Balaban J connectivity index is 2.23. The third kappa shape index (κ3) is 1.70. The van der Waals surface area contributed by atoms with Crippen molar-refractivity contribution in [3.63, 3.8) is 0 Å². The summed E-state index contributed by atoms with van der Waals surface area (Å²) < 4.78 is 0. The minimum absolute atomic E-state index is 0.491. The summed E-state index contributed by atoms with van der Waals surface area (Å²) in [6.45, 7) is 4.56. The molecular formula is C8H18N2. The van der Waals surface area contributed by atoms with Crippen molar-refractivity contribution in [2.45, 2.75) is 25.3 Å². The molecule has 0 saturated heterocycles. The van der Waals surface area contributed by atoms with E-state index in [0.29, 0.717) is 5.54 Å². The van der Waals surface area contributed by atoms with Gasteiger partial charge in [-0.15, -0.1) is 0 Å². The maximum absolute atomic E-state index is 3.38. The summed E-state index contributed by atoms with van der Waals surface area (Å²) in [7, 11) is 4.24. The maximum Gasteiger partial charge on any atom is 0.0307 e. The van der Waals surface area contributed by atoms with Gasteiger partial charge in [0.05, 0.1) is 0 Å². The van der Waals surface area contributed by atoms with Crippen LogP contribution in [0.3, 0.4) is 0 Å². The van der Waals surface area contributed by atoms with Crippen LogP contribution in [-0.4, -0.2) is 37.6 Å². The van der Waals surface area contributed by atoms with Crippen molar-refractivity contribution in [2.24, 2.45) is 0 Å². The summed E-state index contributed by atoms with van der Waals surface area (Å²) in [5, 5.41) is 3.38. The number of likely N-dealkylation sites (N-methyl/N-ethyl adjacent to an activating group) is 2. The summed E-state index contributed by atoms with van der Waals surface area (Å²) in [5.74, 6) is 0. The van der Waals surface area contributed by atoms with Gasteiger partial charge < -0.3 is 10.2 Å². The zero-order chi connectivity index (χ0) is 7.61. The molecule has 0 heterocycles. The van der Waals surface area contributed by atoms with Gasteiger partial charge in [0.2, 0.25) is 0 Å². The fourth-order valence-corrected chi connectivity index (χ4v) is 1.27. The Morgan fingerprint density at radius 2 is 2.10 bits per heavy atom. The normalized spacial score (nSPS) is 21.6. The Kier molecular flexibility index (Phi) is 2.32. The lowest BCUT2D eigenvalue weighted by Crippen LogP contribution is -2.39. The van der Waals surface area contributed by atoms with E-state index < -0.39 is 0 Å². The number of rotatable bonds is 4. The monoisotopic (exact) mass is 142 g/mol. The Hall–Kier alpha value is -0.0800. The van der Waals surface area contributed by atoms with E-state index in [9.17, 15) is 0 Å². The van der Waals surface area contributed by atoms with Crippen LogP contribution in [0.5, 0.6) is 0 Å². The van der Waals surface area contributed by atoms with Crippen LogP contribution in [0.1, 0.15) is 19.8 Å². The van der Waals surface area contributed by atoms with Crippen LogP contribution in [0.2, 0.25) is 0 Å². The Morgan fingerprint density at radius 3 is 2.40 bits per heavy atom. The van der Waals surface area contributed by atoms with E-state index in [1.54, 1.807) is 0 Å². The third-order valence-corrected chi connectivity index (χ3v) is 2.50. The van der Waals surface area contributed by atoms with E-state index in [2.05, 4.69) is 31.2 Å². The smallest absolute Gasteiger partial charge is 0.0307 e. The van der Waals surface area contributed by atoms with Gasteiger partial charge >= 0.3 is 0 Å². The van der Waals surface area contributed by atoms with Crippen molar-refractivity contribution in [2.75, 3.05) is 27.2 Å². The van der Waals surface area contributed by atoms with Crippen LogP contribution in [0.4, 0.5) is 0 Å². The fourth-order valence-electron chi connectivity index (χ4n) is 1.27. The standard InChI is InChI=1S/C8H18N2/c1-4-10(3)7-8(9-2)5-6-8/h9H,4-7H2,1-3H3.